The summed E-state index contributed by atoms with van der Waals surface area (Å²) in [5, 5.41) is 1.15. The molecule has 2 heterocycles. The van der Waals surface area contributed by atoms with Gasteiger partial charge in [-0.3, -0.25) is 4.79 Å². The Kier molecular flexibility index (Phi) is 3.07. The van der Waals surface area contributed by atoms with Crippen LogP contribution in [-0.2, 0) is 11.2 Å². The molecule has 1 aliphatic heterocycles. The Bertz CT molecular complexity index is 398. The Morgan fingerprint density at radius 3 is 2.87 bits per heavy atom. The third kappa shape index (κ3) is 1.81. The molecule has 82 valence electrons. The van der Waals surface area contributed by atoms with Crippen molar-refractivity contribution < 1.29 is 4.79 Å². The molecule has 0 fully saturated rings. The number of fused-ring (bicyclic) bond motifs is 1. The molecule has 1 amide bonds. The molecule has 0 spiro atoms. The van der Waals surface area contributed by atoms with Crippen molar-refractivity contribution in [3.63, 3.8) is 0 Å². The number of thiophene rings is 1. The van der Waals surface area contributed by atoms with Crippen molar-refractivity contribution >= 4 is 34.0 Å². The molecule has 0 saturated carbocycles. The summed E-state index contributed by atoms with van der Waals surface area (Å²) in [5.74, 6) is 1.15. The van der Waals surface area contributed by atoms with Gasteiger partial charge in [0.1, 0.15) is 5.00 Å². The monoisotopic (exact) mass is 241 g/mol. The second kappa shape index (κ2) is 4.18. The lowest BCUT2D eigenvalue weighted by Crippen LogP contribution is -2.24. The smallest absolute Gasteiger partial charge is 0.228 e. The molecule has 0 aromatic carbocycles. The largest absolute Gasteiger partial charge is 0.306 e. The van der Waals surface area contributed by atoms with E-state index in [0.29, 0.717) is 6.42 Å². The Hall–Kier alpha value is -0.480. The molecule has 15 heavy (non-hydrogen) atoms. The number of thioether (sulfide) groups is 1. The highest BCUT2D eigenvalue weighted by molar-refractivity contribution is 7.99. The first-order chi connectivity index (χ1) is 7.15. The van der Waals surface area contributed by atoms with Crippen molar-refractivity contribution in [2.75, 3.05) is 17.7 Å². The van der Waals surface area contributed by atoms with Gasteiger partial charge >= 0.3 is 0 Å². The molecule has 1 aromatic rings. The van der Waals surface area contributed by atoms with Gasteiger partial charge in [0.2, 0.25) is 5.91 Å². The van der Waals surface area contributed by atoms with Gasteiger partial charge in [-0.2, -0.15) is 0 Å². The van der Waals surface area contributed by atoms with Crippen molar-refractivity contribution in [1.29, 1.82) is 0 Å². The minimum Gasteiger partial charge on any atom is -0.306 e. The summed E-state index contributed by atoms with van der Waals surface area (Å²) in [6, 6.07) is 0. The third-order valence-electron chi connectivity index (χ3n) is 2.74. The molecule has 0 unspecified atom stereocenters. The van der Waals surface area contributed by atoms with Crippen LogP contribution in [0.3, 0.4) is 0 Å². The number of carbonyl (C=O) groups excluding carboxylic acids is 1. The van der Waals surface area contributed by atoms with Crippen LogP contribution in [-0.4, -0.2) is 18.7 Å². The Morgan fingerprint density at radius 1 is 1.47 bits per heavy atom. The zero-order chi connectivity index (χ0) is 11.0. The van der Waals surface area contributed by atoms with Crippen molar-refractivity contribution in [3.05, 3.63) is 10.4 Å². The maximum Gasteiger partial charge on any atom is 0.228 e. The number of anilines is 1. The lowest BCUT2D eigenvalue weighted by Gasteiger charge is -2.12. The molecule has 2 nitrogen and oxygen atoms in total. The van der Waals surface area contributed by atoms with Crippen molar-refractivity contribution in [2.45, 2.75) is 31.6 Å². The molecule has 0 atom stereocenters. The quantitative estimate of drug-likeness (QED) is 0.753. The van der Waals surface area contributed by atoms with E-state index in [1.807, 2.05) is 23.7 Å². The number of carbonyl (C=O) groups is 1. The van der Waals surface area contributed by atoms with Crippen LogP contribution < -0.4 is 4.90 Å². The van der Waals surface area contributed by atoms with Gasteiger partial charge in [0, 0.05) is 29.0 Å². The Labute approximate surface area is 98.7 Å². The number of hydrogen-bond acceptors (Lipinski definition) is 3. The van der Waals surface area contributed by atoms with Crippen LogP contribution in [0.2, 0.25) is 0 Å². The maximum absolute atomic E-state index is 11.7. The Morgan fingerprint density at radius 2 is 2.20 bits per heavy atom. The first-order valence-corrected chi connectivity index (χ1v) is 6.97. The van der Waals surface area contributed by atoms with Crippen LogP contribution in [0.4, 0.5) is 5.00 Å². The minimum absolute atomic E-state index is 0.241. The average molecular weight is 241 g/mol. The number of hydrogen-bond donors (Lipinski definition) is 0. The summed E-state index contributed by atoms with van der Waals surface area (Å²) >= 11 is 3.60. The van der Waals surface area contributed by atoms with Crippen LogP contribution in [0, 0.1) is 6.92 Å². The first-order valence-electron chi connectivity index (χ1n) is 5.16. The molecule has 4 heteroatoms. The second-order valence-electron chi connectivity index (χ2n) is 3.69. The fourth-order valence-corrected chi connectivity index (χ4v) is 4.34. The number of aryl methyl sites for hydroxylation is 1. The summed E-state index contributed by atoms with van der Waals surface area (Å²) in [6.07, 6.45) is 1.72. The average Bonchev–Trinajstić information content (AvgIpc) is 2.47. The molecular formula is C11H15NOS2. The molecule has 0 saturated heterocycles. The summed E-state index contributed by atoms with van der Waals surface area (Å²) in [4.78, 5) is 16.3. The normalized spacial score (nSPS) is 16.5. The van der Waals surface area contributed by atoms with Gasteiger partial charge in [0.25, 0.3) is 0 Å². The van der Waals surface area contributed by atoms with E-state index in [0.717, 1.165) is 17.2 Å². The zero-order valence-electron chi connectivity index (χ0n) is 9.29. The fourth-order valence-electron chi connectivity index (χ4n) is 1.78. The van der Waals surface area contributed by atoms with Gasteiger partial charge in [-0.15, -0.1) is 23.1 Å². The molecule has 1 aliphatic rings. The Balaban J connectivity index is 2.50. The van der Waals surface area contributed by atoms with Crippen molar-refractivity contribution in [2.24, 2.45) is 0 Å². The lowest BCUT2D eigenvalue weighted by molar-refractivity contribution is -0.117. The van der Waals surface area contributed by atoms with E-state index < -0.39 is 0 Å². The molecule has 0 N–H and O–H groups in total. The maximum atomic E-state index is 11.7. The molecule has 1 aromatic heterocycles. The van der Waals surface area contributed by atoms with E-state index in [2.05, 4.69) is 13.8 Å². The van der Waals surface area contributed by atoms with Gasteiger partial charge in [-0.1, -0.05) is 6.92 Å². The van der Waals surface area contributed by atoms with Gasteiger partial charge < -0.3 is 4.90 Å². The van der Waals surface area contributed by atoms with Crippen LogP contribution in [0.1, 0.15) is 23.8 Å². The summed E-state index contributed by atoms with van der Waals surface area (Å²) in [7, 11) is 1.89. The van der Waals surface area contributed by atoms with E-state index in [1.54, 1.807) is 11.3 Å². The van der Waals surface area contributed by atoms with Gasteiger partial charge in [-0.25, -0.2) is 0 Å². The van der Waals surface area contributed by atoms with E-state index in [-0.39, 0.29) is 5.91 Å². The summed E-state index contributed by atoms with van der Waals surface area (Å²) in [5.41, 5.74) is 1.38. The predicted octanol–water partition coefficient (Wildman–Crippen LogP) is 3.08. The number of amides is 1. The highest BCUT2D eigenvalue weighted by Gasteiger charge is 2.24. The second-order valence-corrected chi connectivity index (χ2v) is 5.88. The van der Waals surface area contributed by atoms with E-state index in [4.69, 9.17) is 0 Å². The standard InChI is InChI=1S/C11H15NOS2/c1-4-8-7(2)10-11(15-8)12(3)9(13)5-6-14-10/h4-6H2,1-3H3. The van der Waals surface area contributed by atoms with Gasteiger partial charge in [-0.05, 0) is 18.9 Å². The van der Waals surface area contributed by atoms with Crippen LogP contribution in [0.25, 0.3) is 0 Å². The molecule has 2 rings (SSSR count). The van der Waals surface area contributed by atoms with E-state index in [9.17, 15) is 4.79 Å². The highest BCUT2D eigenvalue weighted by atomic mass is 32.2. The number of nitrogens with zero attached hydrogens (tertiary/aromatic N) is 1. The summed E-state index contributed by atoms with van der Waals surface area (Å²) < 4.78 is 0. The highest BCUT2D eigenvalue weighted by Crippen LogP contribution is 2.44. The van der Waals surface area contributed by atoms with Crippen LogP contribution in [0.5, 0.6) is 0 Å². The van der Waals surface area contributed by atoms with E-state index in [1.165, 1.54) is 15.3 Å². The SMILES string of the molecule is CCc1sc2c(c1C)SCCC(=O)N2C. The molecule has 0 radical (unpaired) electrons. The lowest BCUT2D eigenvalue weighted by atomic mass is 10.2. The topological polar surface area (TPSA) is 20.3 Å². The molecule has 0 aliphatic carbocycles. The molecule has 0 bridgehead atoms. The summed E-state index contributed by atoms with van der Waals surface area (Å²) in [6.45, 7) is 4.34. The van der Waals surface area contributed by atoms with Crippen LogP contribution in [0.15, 0.2) is 4.90 Å². The minimum atomic E-state index is 0.241. The number of rotatable bonds is 1. The predicted molar refractivity (Wildman–Crippen MR) is 67.2 cm³/mol. The van der Waals surface area contributed by atoms with Gasteiger partial charge in [0.05, 0.1) is 0 Å². The zero-order valence-corrected chi connectivity index (χ0v) is 10.9. The fraction of sp³-hybridized carbons (Fsp3) is 0.545. The van der Waals surface area contributed by atoms with Crippen molar-refractivity contribution in [3.8, 4) is 0 Å². The first kappa shape index (κ1) is 11.0. The van der Waals surface area contributed by atoms with Crippen LogP contribution >= 0.6 is 23.1 Å². The third-order valence-corrected chi connectivity index (χ3v) is 5.57. The van der Waals surface area contributed by atoms with Gasteiger partial charge in [0.15, 0.2) is 0 Å². The van der Waals surface area contributed by atoms with E-state index >= 15 is 0 Å². The van der Waals surface area contributed by atoms with Crippen molar-refractivity contribution in [1.82, 2.24) is 0 Å². The molecular weight excluding hydrogens is 226 g/mol.